The molecular formula is C20H29N7O2. The minimum Gasteiger partial charge on any atom is -0.444 e. The Hall–Kier alpha value is -2.36. The number of fused-ring (bicyclic) bond motifs is 1. The van der Waals surface area contributed by atoms with Crippen molar-refractivity contribution in [2.24, 2.45) is 11.3 Å². The van der Waals surface area contributed by atoms with Crippen LogP contribution in [0, 0.1) is 5.41 Å². The van der Waals surface area contributed by atoms with Crippen molar-refractivity contribution in [1.29, 1.82) is 0 Å². The first-order valence-electron chi connectivity index (χ1n) is 10.1. The Morgan fingerprint density at radius 2 is 2.10 bits per heavy atom. The molecule has 1 unspecified atom stereocenters. The number of likely N-dealkylation sites (tertiary alicyclic amines) is 1. The number of hydrogen-bond acceptors (Lipinski definition) is 8. The van der Waals surface area contributed by atoms with Crippen molar-refractivity contribution in [3.8, 4) is 0 Å². The molecule has 0 saturated carbocycles. The van der Waals surface area contributed by atoms with Crippen LogP contribution < -0.4 is 16.6 Å². The Bertz CT molecular complexity index is 903. The van der Waals surface area contributed by atoms with Gasteiger partial charge in [0.05, 0.1) is 11.7 Å². The molecule has 4 heterocycles. The van der Waals surface area contributed by atoms with Gasteiger partial charge >= 0.3 is 6.09 Å². The third-order valence-electron chi connectivity index (χ3n) is 5.84. The Labute approximate surface area is 170 Å². The third-order valence-corrected chi connectivity index (χ3v) is 5.84. The highest BCUT2D eigenvalue weighted by molar-refractivity contribution is 5.78. The number of carbonyl (C=O) groups excluding carboxylic acids is 1. The van der Waals surface area contributed by atoms with Crippen molar-refractivity contribution in [3.63, 3.8) is 0 Å². The van der Waals surface area contributed by atoms with Gasteiger partial charge in [0.2, 0.25) is 0 Å². The quantitative estimate of drug-likeness (QED) is 0.527. The van der Waals surface area contributed by atoms with E-state index in [9.17, 15) is 4.79 Å². The van der Waals surface area contributed by atoms with Gasteiger partial charge in [0, 0.05) is 43.2 Å². The van der Waals surface area contributed by atoms with Gasteiger partial charge in [-0.15, -0.1) is 0 Å². The van der Waals surface area contributed by atoms with E-state index in [0.717, 1.165) is 36.0 Å². The number of hydrogen-bond donors (Lipinski definition) is 3. The van der Waals surface area contributed by atoms with Crippen molar-refractivity contribution < 1.29 is 9.53 Å². The average Bonchev–Trinajstić information content (AvgIpc) is 2.66. The maximum absolute atomic E-state index is 12.4. The maximum Gasteiger partial charge on any atom is 0.410 e. The zero-order valence-electron chi connectivity index (χ0n) is 17.2. The summed E-state index contributed by atoms with van der Waals surface area (Å²) in [5.74, 6) is 5.46. The summed E-state index contributed by atoms with van der Waals surface area (Å²) >= 11 is 0. The molecule has 2 aliphatic rings. The summed E-state index contributed by atoms with van der Waals surface area (Å²) in [6, 6.07) is 2.18. The first kappa shape index (κ1) is 19.9. The number of ether oxygens (including phenoxy) is 1. The van der Waals surface area contributed by atoms with Crippen LogP contribution >= 0.6 is 0 Å². The van der Waals surface area contributed by atoms with Crippen molar-refractivity contribution in [2.75, 3.05) is 19.6 Å². The van der Waals surface area contributed by atoms with Gasteiger partial charge in [-0.05, 0) is 45.2 Å². The number of nitrogens with one attached hydrogen (secondary N) is 2. The number of pyridine rings is 1. The summed E-state index contributed by atoms with van der Waals surface area (Å²) in [7, 11) is 0. The second-order valence-corrected chi connectivity index (χ2v) is 9.00. The molecular weight excluding hydrogens is 370 g/mol. The average molecular weight is 399 g/mol. The van der Waals surface area contributed by atoms with E-state index in [1.165, 1.54) is 0 Å². The predicted octanol–water partition coefficient (Wildman–Crippen LogP) is 1.65. The second kappa shape index (κ2) is 7.47. The van der Waals surface area contributed by atoms with Crippen LogP contribution in [0.2, 0.25) is 0 Å². The Kier molecular flexibility index (Phi) is 5.14. The van der Waals surface area contributed by atoms with Crippen LogP contribution in [0.5, 0.6) is 0 Å². The summed E-state index contributed by atoms with van der Waals surface area (Å²) in [4.78, 5) is 27.6. The van der Waals surface area contributed by atoms with Gasteiger partial charge < -0.3 is 15.0 Å². The number of hydrazine groups is 1. The molecule has 0 aromatic carbocycles. The minimum absolute atomic E-state index is 0.0852. The molecule has 2 fully saturated rings. The van der Waals surface area contributed by atoms with Crippen molar-refractivity contribution >= 4 is 17.1 Å². The summed E-state index contributed by atoms with van der Waals surface area (Å²) in [5, 5.41) is 4.51. The first-order chi connectivity index (χ1) is 13.8. The molecule has 9 nitrogen and oxygen atoms in total. The molecule has 156 valence electrons. The normalized spacial score (nSPS) is 21.2. The molecule has 4 rings (SSSR count). The standard InChI is InChI=1S/C20H29N7O2/c1-19(2,3)29-18(28)27-6-4-20(5-7-27)11-23-16(20)15-14-8-13(10-26-21)9-22-17(14)25-12-24-15/h8-9,12,16,23,26H,4-7,10-11,21H2,1-3H3. The van der Waals surface area contributed by atoms with Crippen LogP contribution in [0.25, 0.3) is 11.0 Å². The van der Waals surface area contributed by atoms with Gasteiger partial charge in [-0.25, -0.2) is 19.7 Å². The molecule has 9 heteroatoms. The monoisotopic (exact) mass is 399 g/mol. The van der Waals surface area contributed by atoms with Gasteiger partial charge in [-0.3, -0.25) is 11.3 Å². The maximum atomic E-state index is 12.4. The van der Waals surface area contributed by atoms with E-state index in [-0.39, 0.29) is 17.6 Å². The lowest BCUT2D eigenvalue weighted by molar-refractivity contribution is -0.0187. The topological polar surface area (TPSA) is 118 Å². The van der Waals surface area contributed by atoms with Crippen LogP contribution in [0.4, 0.5) is 4.79 Å². The van der Waals surface area contributed by atoms with Crippen LogP contribution in [-0.4, -0.2) is 51.2 Å². The number of aromatic nitrogens is 3. The van der Waals surface area contributed by atoms with Crippen LogP contribution in [0.15, 0.2) is 18.6 Å². The molecule has 2 aromatic rings. The zero-order valence-corrected chi connectivity index (χ0v) is 17.2. The molecule has 2 saturated heterocycles. The van der Waals surface area contributed by atoms with Gasteiger partial charge in [0.15, 0.2) is 5.65 Å². The van der Waals surface area contributed by atoms with Crippen molar-refractivity contribution in [1.82, 2.24) is 30.6 Å². The number of nitrogens with zero attached hydrogens (tertiary/aromatic N) is 4. The molecule has 1 atom stereocenters. The van der Waals surface area contributed by atoms with E-state index in [4.69, 9.17) is 10.6 Å². The van der Waals surface area contributed by atoms with Crippen molar-refractivity contribution in [3.05, 3.63) is 29.8 Å². The number of nitrogens with two attached hydrogens (primary N) is 1. The molecule has 0 radical (unpaired) electrons. The second-order valence-electron chi connectivity index (χ2n) is 9.00. The Balaban J connectivity index is 1.53. The fraction of sp³-hybridized carbons (Fsp3) is 0.600. The van der Waals surface area contributed by atoms with Crippen LogP contribution in [-0.2, 0) is 11.3 Å². The molecule has 0 aliphatic carbocycles. The highest BCUT2D eigenvalue weighted by Gasteiger charge is 2.50. The lowest BCUT2D eigenvalue weighted by atomic mass is 9.65. The zero-order chi connectivity index (χ0) is 20.6. The number of piperidine rings is 1. The van der Waals surface area contributed by atoms with Crippen LogP contribution in [0.1, 0.15) is 50.9 Å². The largest absolute Gasteiger partial charge is 0.444 e. The van der Waals surface area contributed by atoms with E-state index in [1.54, 1.807) is 12.5 Å². The molecule has 4 N–H and O–H groups in total. The van der Waals surface area contributed by atoms with E-state index in [1.807, 2.05) is 25.7 Å². The molecule has 2 aliphatic heterocycles. The fourth-order valence-corrected chi connectivity index (χ4v) is 4.26. The van der Waals surface area contributed by atoms with E-state index >= 15 is 0 Å². The van der Waals surface area contributed by atoms with Gasteiger partial charge in [-0.2, -0.15) is 0 Å². The molecule has 29 heavy (non-hydrogen) atoms. The fourth-order valence-electron chi connectivity index (χ4n) is 4.26. The summed E-state index contributed by atoms with van der Waals surface area (Å²) < 4.78 is 5.53. The summed E-state index contributed by atoms with van der Waals surface area (Å²) in [5.41, 5.74) is 4.92. The third kappa shape index (κ3) is 3.90. The molecule has 2 aromatic heterocycles. The Morgan fingerprint density at radius 3 is 2.72 bits per heavy atom. The molecule has 1 amide bonds. The van der Waals surface area contributed by atoms with Crippen LogP contribution in [0.3, 0.4) is 0 Å². The highest BCUT2D eigenvalue weighted by Crippen LogP contribution is 2.49. The van der Waals surface area contributed by atoms with Gasteiger partial charge in [0.1, 0.15) is 11.9 Å². The summed E-state index contributed by atoms with van der Waals surface area (Å²) in [6.45, 7) is 8.52. The first-order valence-corrected chi connectivity index (χ1v) is 10.1. The lowest BCUT2D eigenvalue weighted by Crippen LogP contribution is -2.61. The van der Waals surface area contributed by atoms with Crippen molar-refractivity contribution in [2.45, 2.75) is 51.8 Å². The highest BCUT2D eigenvalue weighted by atomic mass is 16.6. The van der Waals surface area contributed by atoms with Gasteiger partial charge in [0.25, 0.3) is 0 Å². The number of amides is 1. The molecule has 0 bridgehead atoms. The number of rotatable bonds is 3. The smallest absolute Gasteiger partial charge is 0.410 e. The SMILES string of the molecule is CC(C)(C)OC(=O)N1CCC2(CC1)CNC2c1ncnc2ncc(CNN)cc12. The summed E-state index contributed by atoms with van der Waals surface area (Å²) in [6.07, 6.45) is 4.95. The van der Waals surface area contributed by atoms with E-state index < -0.39 is 5.60 Å². The van der Waals surface area contributed by atoms with E-state index in [0.29, 0.717) is 25.3 Å². The minimum atomic E-state index is -0.476. The van der Waals surface area contributed by atoms with Gasteiger partial charge in [-0.1, -0.05) is 0 Å². The van der Waals surface area contributed by atoms with E-state index in [2.05, 4.69) is 31.8 Å². The lowest BCUT2D eigenvalue weighted by Gasteiger charge is -2.54. The molecule has 1 spiro atoms. The number of carbonyl (C=O) groups is 1. The predicted molar refractivity (Wildman–Crippen MR) is 109 cm³/mol. The Morgan fingerprint density at radius 1 is 1.34 bits per heavy atom.